The lowest BCUT2D eigenvalue weighted by Crippen LogP contribution is -2.14. The maximum absolute atomic E-state index is 5.55. The van der Waals surface area contributed by atoms with Gasteiger partial charge in [0.1, 0.15) is 0 Å². The van der Waals surface area contributed by atoms with Gasteiger partial charge in [0, 0.05) is 11.9 Å². The molecule has 0 aliphatic carbocycles. The topological polar surface area (TPSA) is 24.9 Å². The lowest BCUT2D eigenvalue weighted by Gasteiger charge is -1.95. The molecule has 0 saturated heterocycles. The minimum Gasteiger partial charge on any atom is -0.317 e. The minimum absolute atomic E-state index is 0.690. The Balaban J connectivity index is 0.000000265. The van der Waals surface area contributed by atoms with Gasteiger partial charge in [-0.1, -0.05) is 25.4 Å². The summed E-state index contributed by atoms with van der Waals surface area (Å²) in [7, 11) is 0. The predicted molar refractivity (Wildman–Crippen MR) is 67.4 cm³/mol. The van der Waals surface area contributed by atoms with Crippen molar-refractivity contribution in [3.05, 3.63) is 29.0 Å². The Labute approximate surface area is 98.1 Å². The second-order valence-corrected chi connectivity index (χ2v) is 3.80. The molecule has 0 spiro atoms. The fourth-order valence-electron chi connectivity index (χ4n) is 0.928. The summed E-state index contributed by atoms with van der Waals surface area (Å²) in [4.78, 5) is 3.95. The van der Waals surface area contributed by atoms with Crippen molar-refractivity contribution in [2.24, 2.45) is 0 Å². The third kappa shape index (κ3) is 9.70. The Morgan fingerprint density at radius 2 is 1.80 bits per heavy atom. The number of pyridine rings is 1. The van der Waals surface area contributed by atoms with Gasteiger partial charge in [0.2, 0.25) is 0 Å². The van der Waals surface area contributed by atoms with Crippen LogP contribution in [0, 0.1) is 6.92 Å². The van der Waals surface area contributed by atoms with Crippen LogP contribution in [0.1, 0.15) is 32.4 Å². The van der Waals surface area contributed by atoms with Gasteiger partial charge in [-0.05, 0) is 45.0 Å². The molecular weight excluding hydrogens is 208 g/mol. The molecule has 1 aromatic heterocycles. The van der Waals surface area contributed by atoms with Gasteiger partial charge in [0.25, 0.3) is 0 Å². The molecule has 0 unspecified atom stereocenters. The maximum Gasteiger partial charge on any atom is 0.0589 e. The van der Waals surface area contributed by atoms with Gasteiger partial charge in [-0.25, -0.2) is 0 Å². The van der Waals surface area contributed by atoms with Crippen molar-refractivity contribution in [1.29, 1.82) is 0 Å². The van der Waals surface area contributed by atoms with E-state index < -0.39 is 0 Å². The number of nitrogens with zero attached hydrogens (tertiary/aromatic N) is 1. The van der Waals surface area contributed by atoms with Crippen molar-refractivity contribution in [3.63, 3.8) is 0 Å². The summed E-state index contributed by atoms with van der Waals surface area (Å²) in [5.74, 6) is 0. The van der Waals surface area contributed by atoms with Crippen molar-refractivity contribution in [2.45, 2.75) is 33.6 Å². The lowest BCUT2D eigenvalue weighted by atomic mass is 10.4. The standard InChI is InChI=1S/C6H6ClN.C6H15N/c1-5-2-3-6(7)4-8-5;1-3-5-7-6-4-2/h2-4H,1H3;7H,3-6H2,1-2H3. The number of aryl methyl sites for hydroxylation is 1. The number of nitrogens with one attached hydrogen (secondary N) is 1. The summed E-state index contributed by atoms with van der Waals surface area (Å²) in [5.41, 5.74) is 0.995. The van der Waals surface area contributed by atoms with E-state index in [2.05, 4.69) is 24.1 Å². The monoisotopic (exact) mass is 228 g/mol. The van der Waals surface area contributed by atoms with Crippen LogP contribution in [0.3, 0.4) is 0 Å². The number of aromatic nitrogens is 1. The van der Waals surface area contributed by atoms with Crippen LogP contribution in [0.2, 0.25) is 5.02 Å². The van der Waals surface area contributed by atoms with Gasteiger partial charge in [-0.3, -0.25) is 4.98 Å². The van der Waals surface area contributed by atoms with E-state index in [1.54, 1.807) is 6.20 Å². The molecule has 0 aliphatic rings. The first-order valence-electron chi connectivity index (χ1n) is 5.49. The molecular formula is C12H21ClN2. The van der Waals surface area contributed by atoms with E-state index in [0.29, 0.717) is 5.02 Å². The summed E-state index contributed by atoms with van der Waals surface area (Å²) in [6, 6.07) is 3.70. The Morgan fingerprint density at radius 3 is 2.13 bits per heavy atom. The lowest BCUT2D eigenvalue weighted by molar-refractivity contribution is 0.662. The molecule has 3 heteroatoms. The summed E-state index contributed by atoms with van der Waals surface area (Å²) < 4.78 is 0. The Hall–Kier alpha value is -0.600. The van der Waals surface area contributed by atoms with Crippen molar-refractivity contribution in [1.82, 2.24) is 10.3 Å². The van der Waals surface area contributed by atoms with Crippen LogP contribution in [0.5, 0.6) is 0 Å². The molecule has 1 aromatic rings. The van der Waals surface area contributed by atoms with E-state index >= 15 is 0 Å². The van der Waals surface area contributed by atoms with Crippen molar-refractivity contribution in [2.75, 3.05) is 13.1 Å². The Bertz CT molecular complexity index is 209. The number of rotatable bonds is 4. The highest BCUT2D eigenvalue weighted by Crippen LogP contribution is 2.04. The molecule has 0 atom stereocenters. The normalized spacial score (nSPS) is 9.33. The second kappa shape index (κ2) is 9.94. The maximum atomic E-state index is 5.55. The Kier molecular flexibility index (Phi) is 9.54. The van der Waals surface area contributed by atoms with E-state index in [1.807, 2.05) is 19.1 Å². The summed E-state index contributed by atoms with van der Waals surface area (Å²) in [6.45, 7) is 8.64. The zero-order valence-electron chi connectivity index (χ0n) is 9.89. The highest BCUT2D eigenvalue weighted by atomic mass is 35.5. The molecule has 1 heterocycles. The number of halogens is 1. The van der Waals surface area contributed by atoms with E-state index in [9.17, 15) is 0 Å². The van der Waals surface area contributed by atoms with Crippen molar-refractivity contribution < 1.29 is 0 Å². The average Bonchev–Trinajstić information content (AvgIpc) is 2.24. The zero-order chi connectivity index (χ0) is 11.5. The SMILES string of the molecule is CCCNCCC.Cc1ccc(Cl)cn1. The molecule has 2 nitrogen and oxygen atoms in total. The molecule has 15 heavy (non-hydrogen) atoms. The molecule has 0 saturated carbocycles. The highest BCUT2D eigenvalue weighted by Gasteiger charge is 1.83. The van der Waals surface area contributed by atoms with Crippen LogP contribution in [0.25, 0.3) is 0 Å². The van der Waals surface area contributed by atoms with E-state index in [0.717, 1.165) is 5.69 Å². The van der Waals surface area contributed by atoms with E-state index in [-0.39, 0.29) is 0 Å². The first kappa shape index (κ1) is 14.4. The predicted octanol–water partition coefficient (Wildman–Crippen LogP) is 3.44. The molecule has 86 valence electrons. The largest absolute Gasteiger partial charge is 0.317 e. The average molecular weight is 229 g/mol. The molecule has 0 amide bonds. The molecule has 0 bridgehead atoms. The van der Waals surface area contributed by atoms with Crippen LogP contribution in [0.4, 0.5) is 0 Å². The number of hydrogen-bond acceptors (Lipinski definition) is 2. The van der Waals surface area contributed by atoms with Gasteiger partial charge in [-0.15, -0.1) is 0 Å². The Morgan fingerprint density at radius 1 is 1.20 bits per heavy atom. The summed E-state index contributed by atoms with van der Waals surface area (Å²) in [5, 5.41) is 3.98. The van der Waals surface area contributed by atoms with Crippen LogP contribution < -0.4 is 5.32 Å². The smallest absolute Gasteiger partial charge is 0.0589 e. The zero-order valence-corrected chi connectivity index (χ0v) is 10.6. The van der Waals surface area contributed by atoms with Gasteiger partial charge in [-0.2, -0.15) is 0 Å². The fourth-order valence-corrected chi connectivity index (χ4v) is 1.04. The second-order valence-electron chi connectivity index (χ2n) is 3.37. The molecule has 1 N–H and O–H groups in total. The number of hydrogen-bond donors (Lipinski definition) is 1. The van der Waals surface area contributed by atoms with Gasteiger partial charge >= 0.3 is 0 Å². The molecule has 0 fully saturated rings. The van der Waals surface area contributed by atoms with Crippen LogP contribution in [-0.4, -0.2) is 18.1 Å². The van der Waals surface area contributed by atoms with Crippen molar-refractivity contribution in [3.8, 4) is 0 Å². The first-order chi connectivity index (χ1) is 7.20. The van der Waals surface area contributed by atoms with Crippen molar-refractivity contribution >= 4 is 11.6 Å². The molecule has 1 rings (SSSR count). The van der Waals surface area contributed by atoms with Crippen LogP contribution in [-0.2, 0) is 0 Å². The third-order valence-corrected chi connectivity index (χ3v) is 1.95. The van der Waals surface area contributed by atoms with Crippen LogP contribution >= 0.6 is 11.6 Å². The molecule has 0 aliphatic heterocycles. The van der Waals surface area contributed by atoms with Gasteiger partial charge < -0.3 is 5.32 Å². The molecule has 0 aromatic carbocycles. The van der Waals surface area contributed by atoms with Crippen LogP contribution in [0.15, 0.2) is 18.3 Å². The highest BCUT2D eigenvalue weighted by molar-refractivity contribution is 6.30. The minimum atomic E-state index is 0.690. The summed E-state index contributed by atoms with van der Waals surface area (Å²) in [6.07, 6.45) is 4.14. The summed E-state index contributed by atoms with van der Waals surface area (Å²) >= 11 is 5.55. The van der Waals surface area contributed by atoms with Gasteiger partial charge in [0.05, 0.1) is 5.02 Å². The molecule has 0 radical (unpaired) electrons. The fraction of sp³-hybridized carbons (Fsp3) is 0.583. The quantitative estimate of drug-likeness (QED) is 0.799. The first-order valence-corrected chi connectivity index (χ1v) is 5.87. The third-order valence-electron chi connectivity index (χ3n) is 1.73. The van der Waals surface area contributed by atoms with E-state index in [4.69, 9.17) is 11.6 Å². The van der Waals surface area contributed by atoms with Gasteiger partial charge in [0.15, 0.2) is 0 Å². The van der Waals surface area contributed by atoms with E-state index in [1.165, 1.54) is 25.9 Å².